The van der Waals surface area contributed by atoms with Crippen LogP contribution >= 0.6 is 0 Å². The van der Waals surface area contributed by atoms with E-state index < -0.39 is 0 Å². The molecule has 0 N–H and O–H groups in total. The maximum Gasteiger partial charge on any atom is 0.238 e. The molecule has 0 radical (unpaired) electrons. The van der Waals surface area contributed by atoms with Gasteiger partial charge >= 0.3 is 0 Å². The van der Waals surface area contributed by atoms with Crippen LogP contribution in [0.3, 0.4) is 0 Å². The molecule has 1 heterocycles. The minimum atomic E-state index is -0.114. The van der Waals surface area contributed by atoms with Gasteiger partial charge in [-0.2, -0.15) is 0 Å². The Hall–Kier alpha value is -1.90. The van der Waals surface area contributed by atoms with Crippen LogP contribution in [0.5, 0.6) is 0 Å². The van der Waals surface area contributed by atoms with Gasteiger partial charge < -0.3 is 0 Å². The van der Waals surface area contributed by atoms with Crippen molar-refractivity contribution in [1.82, 2.24) is 0 Å². The van der Waals surface area contributed by atoms with E-state index in [1.165, 1.54) is 4.90 Å². The van der Waals surface area contributed by atoms with Crippen LogP contribution in [-0.4, -0.2) is 11.8 Å². The number of carbonyl (C=O) groups excluding carboxylic acids is 2. The van der Waals surface area contributed by atoms with E-state index >= 15 is 0 Å². The Morgan fingerprint density at radius 3 is 2.20 bits per heavy atom. The van der Waals surface area contributed by atoms with Gasteiger partial charge in [-0.1, -0.05) is 24.3 Å². The van der Waals surface area contributed by atoms with E-state index in [1.807, 2.05) is 32.0 Å². The van der Waals surface area contributed by atoms with Crippen molar-refractivity contribution >= 4 is 17.5 Å². The zero-order valence-electron chi connectivity index (χ0n) is 11.7. The molecule has 4 rings (SSSR count). The van der Waals surface area contributed by atoms with Gasteiger partial charge in [-0.15, -0.1) is 0 Å². The third kappa shape index (κ3) is 1.35. The summed E-state index contributed by atoms with van der Waals surface area (Å²) < 4.78 is 0. The van der Waals surface area contributed by atoms with Crippen molar-refractivity contribution in [2.24, 2.45) is 23.7 Å². The quantitative estimate of drug-likeness (QED) is 0.579. The summed E-state index contributed by atoms with van der Waals surface area (Å²) in [4.78, 5) is 26.9. The standard InChI is InChI=1S/C17H17NO2/c1-9-3-4-10(2)13(7-9)18-16(19)14-11-5-6-12(8-11)15(14)17(18)20/h3-7,11-12,14-15H,8H2,1-2H3/t11-,12-,14+,15+/m1/s1. The molecule has 3 nitrogen and oxygen atoms in total. The minimum absolute atomic E-state index is 0.00514. The van der Waals surface area contributed by atoms with Crippen molar-refractivity contribution in [2.75, 3.05) is 4.90 Å². The minimum Gasteiger partial charge on any atom is -0.274 e. The van der Waals surface area contributed by atoms with Crippen LogP contribution in [0, 0.1) is 37.5 Å². The monoisotopic (exact) mass is 267 g/mol. The summed E-state index contributed by atoms with van der Waals surface area (Å²) in [5.41, 5.74) is 2.83. The molecule has 2 fully saturated rings. The van der Waals surface area contributed by atoms with Crippen LogP contribution in [0.25, 0.3) is 0 Å². The van der Waals surface area contributed by atoms with Crippen molar-refractivity contribution in [3.05, 3.63) is 41.5 Å². The smallest absolute Gasteiger partial charge is 0.238 e. The molecular weight excluding hydrogens is 250 g/mol. The number of rotatable bonds is 1. The normalized spacial score (nSPS) is 34.2. The number of amides is 2. The topological polar surface area (TPSA) is 37.4 Å². The highest BCUT2D eigenvalue weighted by Gasteiger charge is 2.59. The summed E-state index contributed by atoms with van der Waals surface area (Å²) in [5.74, 6) is 0.332. The molecule has 0 aromatic heterocycles. The molecule has 2 amide bonds. The molecular formula is C17H17NO2. The summed E-state index contributed by atoms with van der Waals surface area (Å²) in [6.07, 6.45) is 5.24. The Balaban J connectivity index is 1.80. The number of nitrogens with zero attached hydrogens (tertiary/aromatic N) is 1. The number of hydrogen-bond acceptors (Lipinski definition) is 2. The zero-order valence-corrected chi connectivity index (χ0v) is 11.7. The van der Waals surface area contributed by atoms with E-state index in [0.29, 0.717) is 0 Å². The van der Waals surface area contributed by atoms with E-state index in [4.69, 9.17) is 0 Å². The maximum absolute atomic E-state index is 12.7. The van der Waals surface area contributed by atoms with Crippen molar-refractivity contribution in [1.29, 1.82) is 0 Å². The molecule has 102 valence electrons. The number of aryl methyl sites for hydroxylation is 2. The average molecular weight is 267 g/mol. The summed E-state index contributed by atoms with van der Waals surface area (Å²) in [7, 11) is 0. The fourth-order valence-corrected chi connectivity index (χ4v) is 4.10. The largest absolute Gasteiger partial charge is 0.274 e. The zero-order chi connectivity index (χ0) is 14.0. The number of benzene rings is 1. The van der Waals surface area contributed by atoms with Crippen molar-refractivity contribution in [3.63, 3.8) is 0 Å². The van der Waals surface area contributed by atoms with Gasteiger partial charge in [0.15, 0.2) is 0 Å². The second-order valence-corrected chi connectivity index (χ2v) is 6.30. The fraction of sp³-hybridized carbons (Fsp3) is 0.412. The Bertz CT molecular complexity index is 631. The lowest BCUT2D eigenvalue weighted by molar-refractivity contribution is -0.123. The van der Waals surface area contributed by atoms with Gasteiger partial charge in [0, 0.05) is 0 Å². The van der Waals surface area contributed by atoms with Gasteiger partial charge in [-0.25, -0.2) is 4.90 Å². The van der Waals surface area contributed by atoms with Gasteiger partial charge in [-0.3, -0.25) is 9.59 Å². The molecule has 2 bridgehead atoms. The first kappa shape index (κ1) is 11.9. The first-order chi connectivity index (χ1) is 9.58. The number of anilines is 1. The van der Waals surface area contributed by atoms with Gasteiger partial charge in [0.25, 0.3) is 0 Å². The number of hydrogen-bond donors (Lipinski definition) is 0. The lowest BCUT2D eigenvalue weighted by Gasteiger charge is -2.19. The van der Waals surface area contributed by atoms with E-state index in [9.17, 15) is 9.59 Å². The van der Waals surface area contributed by atoms with Crippen LogP contribution < -0.4 is 4.90 Å². The molecule has 1 saturated heterocycles. The molecule has 1 aromatic carbocycles. The Kier molecular flexibility index (Phi) is 2.27. The Morgan fingerprint density at radius 1 is 1.00 bits per heavy atom. The van der Waals surface area contributed by atoms with Crippen molar-refractivity contribution in [3.8, 4) is 0 Å². The molecule has 2 aliphatic carbocycles. The first-order valence-electron chi connectivity index (χ1n) is 7.21. The van der Waals surface area contributed by atoms with E-state index in [2.05, 4.69) is 12.2 Å². The third-order valence-electron chi connectivity index (χ3n) is 5.08. The lowest BCUT2D eigenvalue weighted by Crippen LogP contribution is -2.33. The van der Waals surface area contributed by atoms with Gasteiger partial charge in [0.2, 0.25) is 11.8 Å². The predicted molar refractivity (Wildman–Crippen MR) is 76.1 cm³/mol. The van der Waals surface area contributed by atoms with E-state index in [0.717, 1.165) is 23.2 Å². The molecule has 4 atom stereocenters. The first-order valence-corrected chi connectivity index (χ1v) is 7.21. The number of allylic oxidation sites excluding steroid dienone is 2. The van der Waals surface area contributed by atoms with E-state index in [1.54, 1.807) is 0 Å². The van der Waals surface area contributed by atoms with Crippen molar-refractivity contribution in [2.45, 2.75) is 20.3 Å². The Labute approximate surface area is 118 Å². The molecule has 1 saturated carbocycles. The molecule has 20 heavy (non-hydrogen) atoms. The van der Waals surface area contributed by atoms with Crippen LogP contribution in [-0.2, 0) is 9.59 Å². The van der Waals surface area contributed by atoms with Crippen molar-refractivity contribution < 1.29 is 9.59 Å². The van der Waals surface area contributed by atoms with Gasteiger partial charge in [0.05, 0.1) is 17.5 Å². The second-order valence-electron chi connectivity index (χ2n) is 6.30. The molecule has 0 spiro atoms. The average Bonchev–Trinajstić information content (AvgIpc) is 3.08. The fourth-order valence-electron chi connectivity index (χ4n) is 4.10. The summed E-state index contributed by atoms with van der Waals surface area (Å²) in [6, 6.07) is 5.93. The summed E-state index contributed by atoms with van der Waals surface area (Å²) in [5, 5.41) is 0. The second kappa shape index (κ2) is 3.81. The molecule has 0 unspecified atom stereocenters. The summed E-state index contributed by atoms with van der Waals surface area (Å²) >= 11 is 0. The van der Waals surface area contributed by atoms with Crippen LogP contribution in [0.2, 0.25) is 0 Å². The molecule has 3 heteroatoms. The van der Waals surface area contributed by atoms with Gasteiger partial charge in [-0.05, 0) is 49.3 Å². The number of fused-ring (bicyclic) bond motifs is 5. The predicted octanol–water partition coefficient (Wildman–Crippen LogP) is 2.61. The van der Waals surface area contributed by atoms with Crippen LogP contribution in [0.15, 0.2) is 30.4 Å². The number of imide groups is 1. The van der Waals surface area contributed by atoms with Crippen LogP contribution in [0.4, 0.5) is 5.69 Å². The lowest BCUT2D eigenvalue weighted by atomic mass is 9.85. The highest BCUT2D eigenvalue weighted by molar-refractivity contribution is 6.23. The SMILES string of the molecule is Cc1ccc(C)c(N2C(=O)[C@@H]3[C@@H](C2=O)[C@@H]2C=C[C@@H]3C2)c1. The molecule has 3 aliphatic rings. The maximum atomic E-state index is 12.7. The van der Waals surface area contributed by atoms with Crippen LogP contribution in [0.1, 0.15) is 17.5 Å². The third-order valence-corrected chi connectivity index (χ3v) is 5.08. The highest BCUT2D eigenvalue weighted by Crippen LogP contribution is 2.53. The van der Waals surface area contributed by atoms with E-state index in [-0.39, 0.29) is 35.5 Å². The Morgan fingerprint density at radius 2 is 1.60 bits per heavy atom. The molecule has 1 aromatic rings. The number of carbonyl (C=O) groups is 2. The van der Waals surface area contributed by atoms with Gasteiger partial charge in [0.1, 0.15) is 0 Å². The highest BCUT2D eigenvalue weighted by atomic mass is 16.2. The summed E-state index contributed by atoms with van der Waals surface area (Å²) in [6.45, 7) is 3.94. The molecule has 1 aliphatic heterocycles.